The third-order valence-electron chi connectivity index (χ3n) is 7.68. The molecule has 4 heterocycles. The van der Waals surface area contributed by atoms with E-state index in [1.807, 2.05) is 18.2 Å². The lowest BCUT2D eigenvalue weighted by atomic mass is 9.70. The van der Waals surface area contributed by atoms with Crippen LogP contribution in [0.25, 0.3) is 0 Å². The molecular weight excluding hydrogens is 392 g/mol. The molecule has 0 aromatic heterocycles. The number of hydrogen-bond donors (Lipinski definition) is 0. The summed E-state index contributed by atoms with van der Waals surface area (Å²) < 4.78 is 10.9. The maximum atomic E-state index is 13.3. The first kappa shape index (κ1) is 20.7. The topological polar surface area (TPSA) is 59.1 Å². The zero-order valence-electron chi connectivity index (χ0n) is 18.7. The summed E-state index contributed by atoms with van der Waals surface area (Å²) in [6, 6.07) is 6.39. The van der Waals surface area contributed by atoms with Crippen LogP contribution in [0.15, 0.2) is 18.2 Å². The molecule has 168 valence electrons. The zero-order valence-corrected chi connectivity index (χ0v) is 18.7. The largest absolute Gasteiger partial charge is 0.454 e. The molecule has 0 saturated carbocycles. The molecular formula is C25H34N2O4. The van der Waals surface area contributed by atoms with Gasteiger partial charge in [-0.2, -0.15) is 0 Å². The van der Waals surface area contributed by atoms with Crippen LogP contribution in [-0.4, -0.2) is 53.6 Å². The van der Waals surface area contributed by atoms with Crippen molar-refractivity contribution in [2.75, 3.05) is 19.9 Å². The van der Waals surface area contributed by atoms with E-state index >= 15 is 0 Å². The van der Waals surface area contributed by atoms with Crippen LogP contribution in [0.1, 0.15) is 57.9 Å². The Morgan fingerprint density at radius 3 is 2.81 bits per heavy atom. The lowest BCUT2D eigenvalue weighted by Gasteiger charge is -2.57. The Balaban J connectivity index is 1.32. The number of carbonyl (C=O) groups excluding carboxylic acids is 2. The van der Waals surface area contributed by atoms with E-state index in [-0.39, 0.29) is 18.7 Å². The van der Waals surface area contributed by atoms with Crippen molar-refractivity contribution in [1.29, 1.82) is 0 Å². The van der Waals surface area contributed by atoms with Crippen LogP contribution in [0.4, 0.5) is 0 Å². The summed E-state index contributed by atoms with van der Waals surface area (Å²) in [6.45, 7) is 6.31. The van der Waals surface area contributed by atoms with Crippen molar-refractivity contribution < 1.29 is 19.1 Å². The summed E-state index contributed by atoms with van der Waals surface area (Å²) in [5.74, 6) is 3.45. The summed E-state index contributed by atoms with van der Waals surface area (Å²) in [4.78, 5) is 30.5. The van der Waals surface area contributed by atoms with Crippen LogP contribution in [0.2, 0.25) is 0 Å². The standard InChI is InChI=1S/C25H34N2O4/c1-16(2)6-8-21-19-12-18(20-4-3-5-24(28)27(20)21)13-26(14-19)25(29)11-17-7-9-22-23(10-17)31-15-30-22/h7,9-10,16,18-21H,3-6,8,11-15H2,1-2H3/t18-,19+,20+,21+/m1/s1. The number of ether oxygens (including phenoxy) is 2. The van der Waals surface area contributed by atoms with Gasteiger partial charge in [-0.15, -0.1) is 0 Å². The van der Waals surface area contributed by atoms with Gasteiger partial charge in [0.05, 0.1) is 6.42 Å². The van der Waals surface area contributed by atoms with Crippen molar-refractivity contribution >= 4 is 11.8 Å². The van der Waals surface area contributed by atoms with Gasteiger partial charge in [0.15, 0.2) is 11.5 Å². The molecule has 0 N–H and O–H groups in total. The molecule has 4 atom stereocenters. The number of carbonyl (C=O) groups is 2. The molecule has 4 aliphatic rings. The minimum absolute atomic E-state index is 0.187. The molecule has 2 bridgehead atoms. The van der Waals surface area contributed by atoms with Crippen LogP contribution in [-0.2, 0) is 16.0 Å². The molecule has 1 aromatic carbocycles. The van der Waals surface area contributed by atoms with Gasteiger partial charge in [-0.05, 0) is 67.6 Å². The number of rotatable bonds is 5. The number of likely N-dealkylation sites (tertiary alicyclic amines) is 1. The predicted molar refractivity (Wildman–Crippen MR) is 117 cm³/mol. The Morgan fingerprint density at radius 2 is 1.97 bits per heavy atom. The third-order valence-corrected chi connectivity index (χ3v) is 7.68. The number of benzene rings is 1. The minimum Gasteiger partial charge on any atom is -0.454 e. The lowest BCUT2D eigenvalue weighted by Crippen LogP contribution is -2.65. The van der Waals surface area contributed by atoms with Crippen LogP contribution in [0, 0.1) is 17.8 Å². The van der Waals surface area contributed by atoms with Gasteiger partial charge in [-0.3, -0.25) is 9.59 Å². The van der Waals surface area contributed by atoms with Crippen molar-refractivity contribution in [1.82, 2.24) is 9.80 Å². The Kier molecular flexibility index (Phi) is 5.57. The van der Waals surface area contributed by atoms with Crippen molar-refractivity contribution in [3.05, 3.63) is 23.8 Å². The number of amides is 2. The molecule has 0 aliphatic carbocycles. The van der Waals surface area contributed by atoms with E-state index < -0.39 is 0 Å². The summed E-state index contributed by atoms with van der Waals surface area (Å²) >= 11 is 0. The summed E-state index contributed by atoms with van der Waals surface area (Å²) in [7, 11) is 0. The molecule has 1 aromatic rings. The highest BCUT2D eigenvalue weighted by Crippen LogP contribution is 2.43. The molecule has 6 heteroatoms. The van der Waals surface area contributed by atoms with Gasteiger partial charge in [0.25, 0.3) is 0 Å². The molecule has 31 heavy (non-hydrogen) atoms. The highest BCUT2D eigenvalue weighted by Gasteiger charge is 2.49. The molecule has 0 radical (unpaired) electrons. The van der Waals surface area contributed by atoms with Crippen molar-refractivity contribution in [3.63, 3.8) is 0 Å². The van der Waals surface area contributed by atoms with E-state index in [0.717, 1.165) is 62.3 Å². The van der Waals surface area contributed by atoms with E-state index in [1.54, 1.807) is 0 Å². The van der Waals surface area contributed by atoms with Gasteiger partial charge in [0.1, 0.15) is 0 Å². The Morgan fingerprint density at radius 1 is 1.16 bits per heavy atom. The highest BCUT2D eigenvalue weighted by molar-refractivity contribution is 5.80. The average Bonchev–Trinajstić information content (AvgIpc) is 3.21. The Labute approximate surface area is 184 Å². The maximum Gasteiger partial charge on any atom is 0.231 e. The molecule has 4 aliphatic heterocycles. The van der Waals surface area contributed by atoms with Gasteiger partial charge in [0.2, 0.25) is 18.6 Å². The smallest absolute Gasteiger partial charge is 0.231 e. The van der Waals surface area contributed by atoms with Gasteiger partial charge in [-0.25, -0.2) is 0 Å². The molecule has 3 saturated heterocycles. The second kappa shape index (κ2) is 8.36. The van der Waals surface area contributed by atoms with Gasteiger partial charge in [-0.1, -0.05) is 19.9 Å². The van der Waals surface area contributed by atoms with Crippen LogP contribution in [0.5, 0.6) is 11.5 Å². The van der Waals surface area contributed by atoms with E-state index in [4.69, 9.17) is 9.47 Å². The number of nitrogens with zero attached hydrogens (tertiary/aromatic N) is 2. The minimum atomic E-state index is 0.187. The molecule has 0 spiro atoms. The van der Waals surface area contributed by atoms with E-state index in [2.05, 4.69) is 23.6 Å². The highest BCUT2D eigenvalue weighted by atomic mass is 16.7. The molecule has 3 fully saturated rings. The fourth-order valence-electron chi connectivity index (χ4n) is 6.19. The lowest BCUT2D eigenvalue weighted by molar-refractivity contribution is -0.156. The van der Waals surface area contributed by atoms with E-state index in [9.17, 15) is 9.59 Å². The summed E-state index contributed by atoms with van der Waals surface area (Å²) in [5, 5.41) is 0. The van der Waals surface area contributed by atoms with Crippen molar-refractivity contribution in [2.24, 2.45) is 17.8 Å². The number of piperidine rings is 3. The van der Waals surface area contributed by atoms with Crippen LogP contribution in [0.3, 0.4) is 0 Å². The van der Waals surface area contributed by atoms with Gasteiger partial charge >= 0.3 is 0 Å². The second-order valence-corrected chi connectivity index (χ2v) is 10.2. The first-order valence-corrected chi connectivity index (χ1v) is 12.0. The fraction of sp³-hybridized carbons (Fsp3) is 0.680. The quantitative estimate of drug-likeness (QED) is 0.722. The first-order chi connectivity index (χ1) is 15.0. The molecule has 6 nitrogen and oxygen atoms in total. The van der Waals surface area contributed by atoms with Crippen LogP contribution < -0.4 is 9.47 Å². The van der Waals surface area contributed by atoms with Crippen molar-refractivity contribution in [2.45, 2.75) is 70.9 Å². The third kappa shape index (κ3) is 4.01. The summed E-state index contributed by atoms with van der Waals surface area (Å²) in [6.07, 6.45) is 6.51. The van der Waals surface area contributed by atoms with E-state index in [0.29, 0.717) is 42.5 Å². The molecule has 0 unspecified atom stereocenters. The molecule has 5 rings (SSSR count). The monoisotopic (exact) mass is 426 g/mol. The van der Waals surface area contributed by atoms with Gasteiger partial charge < -0.3 is 19.3 Å². The van der Waals surface area contributed by atoms with E-state index in [1.165, 1.54) is 0 Å². The number of fused-ring (bicyclic) bond motifs is 5. The zero-order chi connectivity index (χ0) is 21.5. The number of hydrogen-bond acceptors (Lipinski definition) is 4. The molecule has 2 amide bonds. The fourth-order valence-corrected chi connectivity index (χ4v) is 6.19. The van der Waals surface area contributed by atoms with Gasteiger partial charge in [0, 0.05) is 31.6 Å². The maximum absolute atomic E-state index is 13.3. The normalized spacial score (nSPS) is 29.3. The SMILES string of the molecule is CC(C)CC[C@H]1[C@H]2C[C@H](CN(C(=O)Cc3ccc4c(c3)OCO4)C2)[C@@H]2CCCC(=O)N21. The predicted octanol–water partition coefficient (Wildman–Crippen LogP) is 3.62. The first-order valence-electron chi connectivity index (χ1n) is 12.0. The van der Waals surface area contributed by atoms with Crippen LogP contribution >= 0.6 is 0 Å². The Bertz CT molecular complexity index is 854. The van der Waals surface area contributed by atoms with Crippen molar-refractivity contribution in [3.8, 4) is 11.5 Å². The summed E-state index contributed by atoms with van der Waals surface area (Å²) in [5.41, 5.74) is 0.968. The Hall–Kier alpha value is -2.24. The second-order valence-electron chi connectivity index (χ2n) is 10.2. The average molecular weight is 427 g/mol.